The predicted octanol–water partition coefficient (Wildman–Crippen LogP) is 16.8. The Morgan fingerprint density at radius 1 is 0.310 bits per heavy atom. The monoisotopic (exact) mass is 905 g/mol. The van der Waals surface area contributed by atoms with Crippen LogP contribution in [-0.4, -0.2) is 6.85 Å². The molecule has 0 spiro atoms. The van der Waals surface area contributed by atoms with E-state index < -0.39 is 0 Å². The Kier molecular flexibility index (Phi) is 10.5. The van der Waals surface area contributed by atoms with Crippen LogP contribution in [0.3, 0.4) is 0 Å². The SMILES string of the molecule is Cc1ccc(-c2ccccc2)cc1N1c2ccc(-c3ccccc3)cc2B2c3c(cc(-c4ccccc4)cc31)-c1ccc(N(c3ccccc3)c3ccccc3)cc1N2c1ccc(-c2ccccc2)cc1. The van der Waals surface area contributed by atoms with Gasteiger partial charge in [0.25, 0.3) is 0 Å². The summed E-state index contributed by atoms with van der Waals surface area (Å²) in [5, 5.41) is 0. The summed E-state index contributed by atoms with van der Waals surface area (Å²) in [5.74, 6) is 0. The van der Waals surface area contributed by atoms with E-state index in [9.17, 15) is 0 Å². The molecule has 0 aliphatic carbocycles. The van der Waals surface area contributed by atoms with E-state index in [2.05, 4.69) is 295 Å². The number of fused-ring (bicyclic) bond motifs is 4. The highest BCUT2D eigenvalue weighted by atomic mass is 15.2. The Labute approximate surface area is 416 Å². The molecule has 3 nitrogen and oxygen atoms in total. The van der Waals surface area contributed by atoms with Crippen molar-refractivity contribution < 1.29 is 0 Å². The molecule has 0 bridgehead atoms. The Morgan fingerprint density at radius 2 is 0.775 bits per heavy atom. The van der Waals surface area contributed by atoms with Gasteiger partial charge in [0, 0.05) is 51.1 Å². The molecule has 2 heterocycles. The van der Waals surface area contributed by atoms with Gasteiger partial charge < -0.3 is 14.6 Å². The van der Waals surface area contributed by atoms with Crippen LogP contribution in [0.25, 0.3) is 55.6 Å². The van der Waals surface area contributed by atoms with E-state index in [1.807, 2.05) is 0 Å². The van der Waals surface area contributed by atoms with Crippen LogP contribution in [0.15, 0.2) is 273 Å². The quantitative estimate of drug-likeness (QED) is 0.134. The maximum atomic E-state index is 2.63. The van der Waals surface area contributed by atoms with Gasteiger partial charge in [-0.2, -0.15) is 0 Å². The second-order valence-corrected chi connectivity index (χ2v) is 18.6. The topological polar surface area (TPSA) is 9.72 Å². The van der Waals surface area contributed by atoms with E-state index in [-0.39, 0.29) is 6.85 Å². The molecule has 0 atom stereocenters. The number of anilines is 8. The van der Waals surface area contributed by atoms with E-state index >= 15 is 0 Å². The van der Waals surface area contributed by atoms with Gasteiger partial charge in [0.15, 0.2) is 0 Å². The number of hydrogen-bond donors (Lipinski definition) is 0. The maximum absolute atomic E-state index is 2.63. The molecular weight excluding hydrogens is 858 g/mol. The van der Waals surface area contributed by atoms with Gasteiger partial charge >= 0.3 is 6.85 Å². The minimum atomic E-state index is -0.204. The van der Waals surface area contributed by atoms with Crippen LogP contribution in [-0.2, 0) is 0 Å². The largest absolute Gasteiger partial charge is 0.376 e. The minimum Gasteiger partial charge on any atom is -0.376 e. The van der Waals surface area contributed by atoms with Crippen LogP contribution >= 0.6 is 0 Å². The number of para-hydroxylation sites is 2. The summed E-state index contributed by atoms with van der Waals surface area (Å²) in [6.45, 7) is 2.05. The summed E-state index contributed by atoms with van der Waals surface area (Å²) >= 11 is 0. The molecule has 11 aromatic rings. The highest BCUT2D eigenvalue weighted by molar-refractivity contribution is 6.93. The molecule has 11 aromatic carbocycles. The van der Waals surface area contributed by atoms with E-state index in [1.54, 1.807) is 0 Å². The molecule has 4 heteroatoms. The molecular formula is C67H48BN3. The van der Waals surface area contributed by atoms with Gasteiger partial charge in [-0.05, 0) is 146 Å². The number of benzene rings is 11. The zero-order valence-electron chi connectivity index (χ0n) is 39.4. The van der Waals surface area contributed by atoms with Crippen molar-refractivity contribution in [1.29, 1.82) is 0 Å². The summed E-state index contributed by atoms with van der Waals surface area (Å²) < 4.78 is 0. The third-order valence-corrected chi connectivity index (χ3v) is 14.3. The molecule has 0 saturated heterocycles. The number of aryl methyl sites for hydroxylation is 1. The molecule has 0 radical (unpaired) electrons. The second-order valence-electron chi connectivity index (χ2n) is 18.6. The van der Waals surface area contributed by atoms with Crippen molar-refractivity contribution in [2.75, 3.05) is 14.6 Å². The van der Waals surface area contributed by atoms with Crippen molar-refractivity contribution in [2.45, 2.75) is 6.92 Å². The fraction of sp³-hybridized carbons (Fsp3) is 0.0149. The Bertz CT molecular complexity index is 3660. The fourth-order valence-electron chi connectivity index (χ4n) is 11.0. The van der Waals surface area contributed by atoms with Gasteiger partial charge in [-0.25, -0.2) is 0 Å². The zero-order chi connectivity index (χ0) is 47.3. The van der Waals surface area contributed by atoms with Crippen LogP contribution in [0.1, 0.15) is 5.56 Å². The van der Waals surface area contributed by atoms with E-state index in [4.69, 9.17) is 0 Å². The Hall–Kier alpha value is -9.12. The third kappa shape index (κ3) is 7.49. The summed E-state index contributed by atoms with van der Waals surface area (Å²) in [5.41, 5.74) is 24.7. The van der Waals surface area contributed by atoms with Crippen molar-refractivity contribution in [3.05, 3.63) is 279 Å². The van der Waals surface area contributed by atoms with Crippen LogP contribution in [0.2, 0.25) is 0 Å². The molecule has 71 heavy (non-hydrogen) atoms. The molecule has 0 aromatic heterocycles. The van der Waals surface area contributed by atoms with Gasteiger partial charge in [0.1, 0.15) is 0 Å². The lowest BCUT2D eigenvalue weighted by atomic mass is 9.43. The average Bonchev–Trinajstić information content (AvgIpc) is 3.45. The van der Waals surface area contributed by atoms with E-state index in [1.165, 1.54) is 77.8 Å². The van der Waals surface area contributed by atoms with Crippen molar-refractivity contribution in [3.8, 4) is 55.6 Å². The predicted molar refractivity (Wildman–Crippen MR) is 301 cm³/mol. The standard InChI is InChI=1S/C67H48BN3/c1-47-32-33-54(50-24-12-4-13-25-50)44-64(47)70-63-41-36-53(49-22-10-3-11-23-49)43-62(63)68-67-61(42-55(45-66(67)70)51-26-14-5-15-27-51)60-40-39-59(69(56-28-16-6-17-29-56)57-30-18-7-19-31-57)46-65(60)71(68)58-37-34-52(35-38-58)48-20-8-2-9-21-48/h2-46H,1H3. The highest BCUT2D eigenvalue weighted by Crippen LogP contribution is 2.51. The summed E-state index contributed by atoms with van der Waals surface area (Å²) in [7, 11) is 0. The number of nitrogens with zero attached hydrogens (tertiary/aromatic N) is 3. The minimum absolute atomic E-state index is 0.204. The molecule has 0 N–H and O–H groups in total. The molecule has 334 valence electrons. The van der Waals surface area contributed by atoms with Crippen molar-refractivity contribution in [3.63, 3.8) is 0 Å². The van der Waals surface area contributed by atoms with Gasteiger partial charge in [-0.15, -0.1) is 0 Å². The number of hydrogen-bond acceptors (Lipinski definition) is 3. The summed E-state index contributed by atoms with van der Waals surface area (Å²) in [6.07, 6.45) is 0. The first-order valence-corrected chi connectivity index (χ1v) is 24.5. The van der Waals surface area contributed by atoms with E-state index in [0.717, 1.165) is 39.8 Å². The van der Waals surface area contributed by atoms with Gasteiger partial charge in [-0.3, -0.25) is 0 Å². The van der Waals surface area contributed by atoms with Crippen molar-refractivity contribution in [2.24, 2.45) is 0 Å². The normalized spacial score (nSPS) is 12.2. The lowest BCUT2D eigenvalue weighted by molar-refractivity contribution is 1.24. The highest BCUT2D eigenvalue weighted by Gasteiger charge is 2.46. The van der Waals surface area contributed by atoms with Gasteiger partial charge in [0.05, 0.1) is 0 Å². The summed E-state index contributed by atoms with van der Waals surface area (Å²) in [4.78, 5) is 7.58. The maximum Gasteiger partial charge on any atom is 0.333 e. The average molecular weight is 906 g/mol. The smallest absolute Gasteiger partial charge is 0.333 e. The Morgan fingerprint density at radius 3 is 1.35 bits per heavy atom. The van der Waals surface area contributed by atoms with Crippen molar-refractivity contribution >= 4 is 63.3 Å². The van der Waals surface area contributed by atoms with Crippen LogP contribution < -0.4 is 25.5 Å². The fourth-order valence-corrected chi connectivity index (χ4v) is 11.0. The first-order valence-electron chi connectivity index (χ1n) is 24.5. The molecule has 2 aliphatic rings. The number of rotatable bonds is 9. The lowest BCUT2D eigenvalue weighted by Crippen LogP contribution is -2.61. The summed E-state index contributed by atoms with van der Waals surface area (Å²) in [6, 6.07) is 100. The third-order valence-electron chi connectivity index (χ3n) is 14.3. The molecule has 13 rings (SSSR count). The molecule has 0 saturated carbocycles. The molecule has 0 unspecified atom stereocenters. The molecule has 0 fully saturated rings. The first-order chi connectivity index (χ1) is 35.1. The van der Waals surface area contributed by atoms with E-state index in [0.29, 0.717) is 0 Å². The van der Waals surface area contributed by atoms with Crippen LogP contribution in [0.4, 0.5) is 45.5 Å². The van der Waals surface area contributed by atoms with Crippen LogP contribution in [0.5, 0.6) is 0 Å². The lowest BCUT2D eigenvalue weighted by Gasteiger charge is -2.46. The Balaban J connectivity index is 1.13. The zero-order valence-corrected chi connectivity index (χ0v) is 39.4. The van der Waals surface area contributed by atoms with Gasteiger partial charge in [0.2, 0.25) is 0 Å². The van der Waals surface area contributed by atoms with Gasteiger partial charge in [-0.1, -0.05) is 200 Å². The first kappa shape index (κ1) is 42.0. The van der Waals surface area contributed by atoms with Crippen LogP contribution in [0, 0.1) is 6.92 Å². The van der Waals surface area contributed by atoms with Crippen molar-refractivity contribution in [1.82, 2.24) is 0 Å². The molecule has 2 aliphatic heterocycles. The second kappa shape index (κ2) is 17.8. The molecule has 0 amide bonds.